The second kappa shape index (κ2) is 5.27. The molecule has 1 aromatic carbocycles. The van der Waals surface area contributed by atoms with Crippen LogP contribution in [0.25, 0.3) is 0 Å². The molecule has 1 fully saturated rings. The molecule has 1 aromatic rings. The summed E-state index contributed by atoms with van der Waals surface area (Å²) in [5, 5.41) is 0. The zero-order valence-electron chi connectivity index (χ0n) is 9.12. The van der Waals surface area contributed by atoms with Crippen LogP contribution < -0.4 is 5.73 Å². The molecule has 1 heterocycles. The van der Waals surface area contributed by atoms with Gasteiger partial charge in [0.2, 0.25) is 0 Å². The average Bonchev–Trinajstić information content (AvgIpc) is 2.31. The van der Waals surface area contributed by atoms with Crippen molar-refractivity contribution >= 4 is 15.9 Å². The molecule has 0 radical (unpaired) electrons. The van der Waals surface area contributed by atoms with Crippen molar-refractivity contribution in [1.29, 1.82) is 0 Å². The summed E-state index contributed by atoms with van der Waals surface area (Å²) < 4.78 is 12.7. The SMILES string of the molecule is NCCC1(c2ccc(Br)cc2)OCCCO1. The number of halogens is 1. The Morgan fingerprint density at radius 2 is 1.81 bits per heavy atom. The third-order valence-electron chi connectivity index (χ3n) is 2.72. The van der Waals surface area contributed by atoms with Crippen molar-refractivity contribution < 1.29 is 9.47 Å². The summed E-state index contributed by atoms with van der Waals surface area (Å²) in [5.74, 6) is -0.631. The molecule has 4 heteroatoms. The molecule has 2 rings (SSSR count). The molecule has 0 unspecified atom stereocenters. The van der Waals surface area contributed by atoms with Gasteiger partial charge in [0.1, 0.15) is 0 Å². The highest BCUT2D eigenvalue weighted by Crippen LogP contribution is 2.34. The van der Waals surface area contributed by atoms with Crippen LogP contribution in [0.2, 0.25) is 0 Å². The lowest BCUT2D eigenvalue weighted by atomic mass is 10.0. The van der Waals surface area contributed by atoms with E-state index in [0.29, 0.717) is 13.0 Å². The molecule has 3 nitrogen and oxygen atoms in total. The van der Waals surface area contributed by atoms with E-state index in [1.165, 1.54) is 0 Å². The van der Waals surface area contributed by atoms with E-state index in [-0.39, 0.29) is 0 Å². The predicted octanol–water partition coefficient (Wildman–Crippen LogP) is 2.39. The lowest BCUT2D eigenvalue weighted by molar-refractivity contribution is -0.278. The molecule has 1 aliphatic heterocycles. The summed E-state index contributed by atoms with van der Waals surface area (Å²) in [6.45, 7) is 2.02. The van der Waals surface area contributed by atoms with Crippen LogP contribution in [-0.2, 0) is 15.3 Å². The maximum absolute atomic E-state index is 5.81. The van der Waals surface area contributed by atoms with Crippen molar-refractivity contribution in [2.45, 2.75) is 18.6 Å². The van der Waals surface area contributed by atoms with Crippen LogP contribution in [0, 0.1) is 0 Å². The third kappa shape index (κ3) is 2.46. The summed E-state index contributed by atoms with van der Waals surface area (Å²) >= 11 is 3.42. The fraction of sp³-hybridized carbons (Fsp3) is 0.500. The van der Waals surface area contributed by atoms with Crippen molar-refractivity contribution in [3.63, 3.8) is 0 Å². The second-order valence-corrected chi connectivity index (χ2v) is 4.76. The largest absolute Gasteiger partial charge is 0.346 e. The Morgan fingerprint density at radius 3 is 2.38 bits per heavy atom. The monoisotopic (exact) mass is 285 g/mol. The summed E-state index contributed by atoms with van der Waals surface area (Å²) in [5.41, 5.74) is 6.68. The Labute approximate surface area is 104 Å². The van der Waals surface area contributed by atoms with Crippen LogP contribution in [-0.4, -0.2) is 19.8 Å². The molecule has 0 spiro atoms. The number of rotatable bonds is 3. The second-order valence-electron chi connectivity index (χ2n) is 3.85. The standard InChI is InChI=1S/C12H16BrNO2/c13-11-4-2-10(3-5-11)12(6-7-14)15-8-1-9-16-12/h2-5H,1,6-9,14H2. The summed E-state index contributed by atoms with van der Waals surface area (Å²) in [7, 11) is 0. The van der Waals surface area contributed by atoms with Gasteiger partial charge in [0.15, 0.2) is 5.79 Å². The first-order valence-corrected chi connectivity index (χ1v) is 6.30. The first-order valence-electron chi connectivity index (χ1n) is 5.51. The quantitative estimate of drug-likeness (QED) is 0.928. The van der Waals surface area contributed by atoms with E-state index in [1.54, 1.807) is 0 Å². The van der Waals surface area contributed by atoms with Crippen LogP contribution in [0.3, 0.4) is 0 Å². The van der Waals surface area contributed by atoms with Crippen molar-refractivity contribution in [2.75, 3.05) is 19.8 Å². The first-order chi connectivity index (χ1) is 7.77. The van der Waals surface area contributed by atoms with Crippen molar-refractivity contribution in [3.05, 3.63) is 34.3 Å². The van der Waals surface area contributed by atoms with Gasteiger partial charge < -0.3 is 15.2 Å². The number of ether oxygens (including phenoxy) is 2. The Balaban J connectivity index is 2.26. The number of hydrogen-bond donors (Lipinski definition) is 1. The van der Waals surface area contributed by atoms with E-state index >= 15 is 0 Å². The average molecular weight is 286 g/mol. The first kappa shape index (κ1) is 12.0. The minimum Gasteiger partial charge on any atom is -0.346 e. The normalized spacial score (nSPS) is 19.6. The lowest BCUT2D eigenvalue weighted by Crippen LogP contribution is -2.39. The van der Waals surface area contributed by atoms with Gasteiger partial charge >= 0.3 is 0 Å². The van der Waals surface area contributed by atoms with Gasteiger partial charge in [-0.3, -0.25) is 0 Å². The predicted molar refractivity (Wildman–Crippen MR) is 66.0 cm³/mol. The van der Waals surface area contributed by atoms with Crippen molar-refractivity contribution in [2.24, 2.45) is 5.73 Å². The van der Waals surface area contributed by atoms with E-state index in [1.807, 2.05) is 24.3 Å². The lowest BCUT2D eigenvalue weighted by Gasteiger charge is -2.37. The molecule has 1 aliphatic rings. The molecule has 0 saturated carbocycles. The third-order valence-corrected chi connectivity index (χ3v) is 3.25. The number of hydrogen-bond acceptors (Lipinski definition) is 3. The Kier molecular flexibility index (Phi) is 3.97. The van der Waals surface area contributed by atoms with Gasteiger partial charge in [0.05, 0.1) is 13.2 Å². The van der Waals surface area contributed by atoms with E-state index < -0.39 is 5.79 Å². The minimum absolute atomic E-state index is 0.552. The van der Waals surface area contributed by atoms with Crippen molar-refractivity contribution in [1.82, 2.24) is 0 Å². The zero-order valence-corrected chi connectivity index (χ0v) is 10.7. The van der Waals surface area contributed by atoms with Gasteiger partial charge in [-0.05, 0) is 25.1 Å². The van der Waals surface area contributed by atoms with Crippen LogP contribution in [0.15, 0.2) is 28.7 Å². The fourth-order valence-electron chi connectivity index (χ4n) is 1.92. The molecule has 0 aliphatic carbocycles. The van der Waals surface area contributed by atoms with E-state index in [9.17, 15) is 0 Å². The fourth-order valence-corrected chi connectivity index (χ4v) is 2.19. The van der Waals surface area contributed by atoms with Gasteiger partial charge in [-0.1, -0.05) is 28.1 Å². The van der Waals surface area contributed by atoms with Crippen LogP contribution >= 0.6 is 15.9 Å². The van der Waals surface area contributed by atoms with Gasteiger partial charge in [-0.15, -0.1) is 0 Å². The van der Waals surface area contributed by atoms with E-state index in [0.717, 1.165) is 29.7 Å². The molecule has 0 bridgehead atoms. The molecule has 88 valence electrons. The molecule has 1 saturated heterocycles. The van der Waals surface area contributed by atoms with Gasteiger partial charge in [-0.2, -0.15) is 0 Å². The van der Waals surface area contributed by atoms with Gasteiger partial charge in [0.25, 0.3) is 0 Å². The molecule has 0 aromatic heterocycles. The van der Waals surface area contributed by atoms with Gasteiger partial charge in [-0.25, -0.2) is 0 Å². The molecular weight excluding hydrogens is 270 g/mol. The van der Waals surface area contributed by atoms with Crippen molar-refractivity contribution in [3.8, 4) is 0 Å². The highest BCUT2D eigenvalue weighted by Gasteiger charge is 2.35. The summed E-state index contributed by atoms with van der Waals surface area (Å²) in [4.78, 5) is 0. The minimum atomic E-state index is -0.631. The van der Waals surface area contributed by atoms with E-state index in [4.69, 9.17) is 15.2 Å². The van der Waals surface area contributed by atoms with Crippen LogP contribution in [0.4, 0.5) is 0 Å². The topological polar surface area (TPSA) is 44.5 Å². The van der Waals surface area contributed by atoms with E-state index in [2.05, 4.69) is 15.9 Å². The zero-order chi connectivity index (χ0) is 11.4. The van der Waals surface area contributed by atoms with Gasteiger partial charge in [0, 0.05) is 16.5 Å². The van der Waals surface area contributed by atoms with Crippen LogP contribution in [0.5, 0.6) is 0 Å². The highest BCUT2D eigenvalue weighted by molar-refractivity contribution is 9.10. The molecule has 2 N–H and O–H groups in total. The summed E-state index contributed by atoms with van der Waals surface area (Å²) in [6, 6.07) is 8.03. The maximum Gasteiger partial charge on any atom is 0.195 e. The number of nitrogens with two attached hydrogens (primary N) is 1. The molecule has 16 heavy (non-hydrogen) atoms. The Bertz CT molecular complexity index is 328. The molecular formula is C12H16BrNO2. The maximum atomic E-state index is 5.81. The summed E-state index contributed by atoms with van der Waals surface area (Å²) in [6.07, 6.45) is 1.64. The Hall–Kier alpha value is -0.420. The Morgan fingerprint density at radius 1 is 1.19 bits per heavy atom. The smallest absolute Gasteiger partial charge is 0.195 e. The molecule has 0 amide bonds. The highest BCUT2D eigenvalue weighted by atomic mass is 79.9. The molecule has 0 atom stereocenters. The number of benzene rings is 1. The van der Waals surface area contributed by atoms with Crippen LogP contribution in [0.1, 0.15) is 18.4 Å².